The van der Waals surface area contributed by atoms with Crippen LogP contribution in [0.25, 0.3) is 0 Å². The number of rotatable bonds is 6. The molecule has 0 saturated heterocycles. The molecule has 1 aromatic heterocycles. The number of halogens is 1. The Labute approximate surface area is 123 Å². The zero-order chi connectivity index (χ0) is 14.7. The van der Waals surface area contributed by atoms with E-state index in [1.807, 2.05) is 27.7 Å². The molecule has 0 fully saturated rings. The molecule has 0 radical (unpaired) electrons. The van der Waals surface area contributed by atoms with Crippen molar-refractivity contribution < 1.29 is 8.42 Å². The summed E-state index contributed by atoms with van der Waals surface area (Å²) in [7, 11) is -3.61. The van der Waals surface area contributed by atoms with Crippen LogP contribution in [0.4, 0.5) is 5.82 Å². The van der Waals surface area contributed by atoms with E-state index in [-0.39, 0.29) is 4.90 Å². The predicted molar refractivity (Wildman–Crippen MR) is 80.8 cm³/mol. The lowest BCUT2D eigenvalue weighted by Crippen LogP contribution is -2.42. The molecule has 7 heteroatoms. The van der Waals surface area contributed by atoms with Crippen molar-refractivity contribution in [3.8, 4) is 0 Å². The lowest BCUT2D eigenvalue weighted by Gasteiger charge is -2.24. The van der Waals surface area contributed by atoms with E-state index in [1.54, 1.807) is 12.3 Å². The molecule has 0 aromatic carbocycles. The van der Waals surface area contributed by atoms with Crippen LogP contribution < -0.4 is 10.0 Å². The van der Waals surface area contributed by atoms with Crippen molar-refractivity contribution >= 4 is 31.8 Å². The van der Waals surface area contributed by atoms with Gasteiger partial charge in [0.15, 0.2) is 0 Å². The number of anilines is 1. The molecular weight excluding hydrogens is 330 g/mol. The second-order valence-corrected chi connectivity index (χ2v) is 7.44. The van der Waals surface area contributed by atoms with Crippen molar-refractivity contribution in [2.75, 3.05) is 11.9 Å². The number of sulfonamides is 1. The molecule has 2 N–H and O–H groups in total. The average Bonchev–Trinajstić information content (AvgIpc) is 2.30. The maximum absolute atomic E-state index is 12.4. The maximum Gasteiger partial charge on any atom is 0.244 e. The molecule has 0 bridgehead atoms. The van der Waals surface area contributed by atoms with Gasteiger partial charge in [0.1, 0.15) is 10.7 Å². The molecule has 0 atom stereocenters. The highest BCUT2D eigenvalue weighted by atomic mass is 79.9. The summed E-state index contributed by atoms with van der Waals surface area (Å²) in [5, 5.41) is 2.96. The van der Waals surface area contributed by atoms with Crippen molar-refractivity contribution in [3.05, 3.63) is 16.7 Å². The number of pyridine rings is 1. The summed E-state index contributed by atoms with van der Waals surface area (Å²) in [6.07, 6.45) is 2.27. The van der Waals surface area contributed by atoms with Crippen LogP contribution in [0.5, 0.6) is 0 Å². The second kappa shape index (κ2) is 6.19. The molecule has 19 heavy (non-hydrogen) atoms. The van der Waals surface area contributed by atoms with E-state index in [4.69, 9.17) is 0 Å². The molecule has 0 aliphatic rings. The quantitative estimate of drug-likeness (QED) is 0.828. The number of hydrogen-bond donors (Lipinski definition) is 2. The molecule has 0 aliphatic carbocycles. The van der Waals surface area contributed by atoms with Crippen LogP contribution in [-0.2, 0) is 10.0 Å². The Morgan fingerprint density at radius 3 is 2.53 bits per heavy atom. The largest absolute Gasteiger partial charge is 0.369 e. The maximum atomic E-state index is 12.4. The van der Waals surface area contributed by atoms with Gasteiger partial charge in [0.05, 0.1) is 0 Å². The molecule has 0 spiro atoms. The van der Waals surface area contributed by atoms with Gasteiger partial charge in [-0.05, 0) is 49.2 Å². The van der Waals surface area contributed by atoms with Crippen molar-refractivity contribution in [1.29, 1.82) is 0 Å². The molecule has 0 aliphatic heterocycles. The van der Waals surface area contributed by atoms with Gasteiger partial charge < -0.3 is 5.32 Å². The fraction of sp³-hybridized carbons (Fsp3) is 0.583. The third-order valence-corrected chi connectivity index (χ3v) is 4.89. The van der Waals surface area contributed by atoms with E-state index in [1.165, 1.54) is 0 Å². The van der Waals surface area contributed by atoms with Gasteiger partial charge in [-0.15, -0.1) is 0 Å². The topological polar surface area (TPSA) is 71.1 Å². The summed E-state index contributed by atoms with van der Waals surface area (Å²) in [4.78, 5) is 4.27. The van der Waals surface area contributed by atoms with Crippen molar-refractivity contribution in [3.63, 3.8) is 0 Å². The van der Waals surface area contributed by atoms with E-state index >= 15 is 0 Å². The number of hydrogen-bond acceptors (Lipinski definition) is 4. The molecule has 0 saturated carbocycles. The molecule has 108 valence electrons. The zero-order valence-corrected chi connectivity index (χ0v) is 14.0. The molecule has 0 unspecified atom stereocenters. The third kappa shape index (κ3) is 4.43. The van der Waals surface area contributed by atoms with E-state index in [0.29, 0.717) is 23.3 Å². The van der Waals surface area contributed by atoms with Gasteiger partial charge in [0, 0.05) is 22.8 Å². The first-order valence-electron chi connectivity index (χ1n) is 6.15. The van der Waals surface area contributed by atoms with Crippen LogP contribution in [0.3, 0.4) is 0 Å². The van der Waals surface area contributed by atoms with Crippen LogP contribution in [0.1, 0.15) is 34.1 Å². The summed E-state index contributed by atoms with van der Waals surface area (Å²) in [5.41, 5.74) is -0.495. The smallest absolute Gasteiger partial charge is 0.244 e. The molecule has 1 aromatic rings. The van der Waals surface area contributed by atoms with Gasteiger partial charge in [-0.2, -0.15) is 0 Å². The molecule has 0 amide bonds. The Kier molecular flexibility index (Phi) is 5.34. The molecule has 1 heterocycles. The molecular formula is C12H20BrN3O2S. The van der Waals surface area contributed by atoms with Crippen LogP contribution in [-0.4, -0.2) is 25.5 Å². The predicted octanol–water partition coefficient (Wildman–Crippen LogP) is 2.74. The Bertz CT molecular complexity index is 544. The lowest BCUT2D eigenvalue weighted by atomic mass is 10.0. The van der Waals surface area contributed by atoms with E-state index < -0.39 is 15.6 Å². The standard InChI is InChI=1S/C12H20BrN3O2S/c1-5-12(3,4)16-19(17,18)10-7-9(13)8-15-11(10)14-6-2/h7-8,16H,5-6H2,1-4H3,(H,14,15). The second-order valence-electron chi connectivity index (χ2n) is 4.87. The summed E-state index contributed by atoms with van der Waals surface area (Å²) < 4.78 is 28.2. The van der Waals surface area contributed by atoms with Crippen LogP contribution >= 0.6 is 15.9 Å². The van der Waals surface area contributed by atoms with Crippen LogP contribution in [0.2, 0.25) is 0 Å². The van der Waals surface area contributed by atoms with Gasteiger partial charge in [0.25, 0.3) is 0 Å². The van der Waals surface area contributed by atoms with Crippen molar-refractivity contribution in [1.82, 2.24) is 9.71 Å². The van der Waals surface area contributed by atoms with E-state index in [2.05, 4.69) is 31.0 Å². The fourth-order valence-electron chi connectivity index (χ4n) is 1.42. The van der Waals surface area contributed by atoms with Crippen LogP contribution in [0.15, 0.2) is 21.6 Å². The Hall–Kier alpha value is -0.660. The van der Waals surface area contributed by atoms with Crippen molar-refractivity contribution in [2.45, 2.75) is 44.6 Å². The molecule has 1 rings (SSSR count). The minimum atomic E-state index is -3.61. The Morgan fingerprint density at radius 1 is 1.37 bits per heavy atom. The highest BCUT2D eigenvalue weighted by Crippen LogP contribution is 2.24. The van der Waals surface area contributed by atoms with Crippen molar-refractivity contribution in [2.24, 2.45) is 0 Å². The summed E-state index contributed by atoms with van der Waals surface area (Å²) in [5.74, 6) is 0.366. The Balaban J connectivity index is 3.23. The van der Waals surface area contributed by atoms with Gasteiger partial charge in [0.2, 0.25) is 10.0 Å². The van der Waals surface area contributed by atoms with E-state index in [0.717, 1.165) is 0 Å². The third-order valence-electron chi connectivity index (χ3n) is 2.75. The Morgan fingerprint density at radius 2 is 2.00 bits per heavy atom. The summed E-state index contributed by atoms with van der Waals surface area (Å²) in [6, 6.07) is 1.55. The number of nitrogens with zero attached hydrogens (tertiary/aromatic N) is 1. The minimum absolute atomic E-state index is 0.158. The SMILES string of the molecule is CCNc1ncc(Br)cc1S(=O)(=O)NC(C)(C)CC. The lowest BCUT2D eigenvalue weighted by molar-refractivity contribution is 0.439. The van der Waals surface area contributed by atoms with Crippen LogP contribution in [0, 0.1) is 0 Å². The number of aromatic nitrogens is 1. The zero-order valence-electron chi connectivity index (χ0n) is 11.6. The first-order chi connectivity index (χ1) is 8.72. The first-order valence-corrected chi connectivity index (χ1v) is 8.43. The fourth-order valence-corrected chi connectivity index (χ4v) is 3.54. The monoisotopic (exact) mass is 349 g/mol. The summed E-state index contributed by atoms with van der Waals surface area (Å²) in [6.45, 7) is 8.14. The minimum Gasteiger partial charge on any atom is -0.369 e. The molecule has 5 nitrogen and oxygen atoms in total. The highest BCUT2D eigenvalue weighted by molar-refractivity contribution is 9.10. The normalized spacial score (nSPS) is 12.5. The average molecular weight is 350 g/mol. The van der Waals surface area contributed by atoms with Gasteiger partial charge in [-0.25, -0.2) is 18.1 Å². The van der Waals surface area contributed by atoms with Gasteiger partial charge in [-0.3, -0.25) is 0 Å². The van der Waals surface area contributed by atoms with Gasteiger partial charge >= 0.3 is 0 Å². The van der Waals surface area contributed by atoms with E-state index in [9.17, 15) is 8.42 Å². The highest BCUT2D eigenvalue weighted by Gasteiger charge is 2.27. The summed E-state index contributed by atoms with van der Waals surface area (Å²) >= 11 is 3.25. The first kappa shape index (κ1) is 16.4. The van der Waals surface area contributed by atoms with Gasteiger partial charge in [-0.1, -0.05) is 6.92 Å². The number of nitrogens with one attached hydrogen (secondary N) is 2.